The number of nitrogens with one attached hydrogen (secondary N) is 1. The average Bonchev–Trinajstić information content (AvgIpc) is 2.74. The molecule has 1 unspecified atom stereocenters. The molecule has 2 aromatic carbocycles. The second-order valence-corrected chi connectivity index (χ2v) is 8.28. The minimum absolute atomic E-state index is 0.272. The SMILES string of the molecule is CCc1nc(-c2ccc(Cl)cc2Cl)c(CC)nc1NC1CCCc2ccccc21. The van der Waals surface area contributed by atoms with Crippen molar-refractivity contribution in [3.63, 3.8) is 0 Å². The van der Waals surface area contributed by atoms with Crippen molar-refractivity contribution in [1.82, 2.24) is 9.97 Å². The fourth-order valence-corrected chi connectivity index (χ4v) is 4.58. The van der Waals surface area contributed by atoms with Crippen molar-refractivity contribution in [2.24, 2.45) is 0 Å². The Hall–Kier alpha value is -2.10. The van der Waals surface area contributed by atoms with E-state index in [2.05, 4.69) is 43.4 Å². The number of aryl methyl sites for hydroxylation is 3. The predicted molar refractivity (Wildman–Crippen MR) is 122 cm³/mol. The second kappa shape index (κ2) is 8.73. The largest absolute Gasteiger partial charge is 0.362 e. The number of anilines is 1. The normalized spacial score (nSPS) is 15.8. The molecule has 1 aliphatic rings. The smallest absolute Gasteiger partial charge is 0.148 e. The molecule has 1 heterocycles. The maximum absolute atomic E-state index is 6.47. The molecule has 3 aromatic rings. The third-order valence-electron chi connectivity index (χ3n) is 5.58. The van der Waals surface area contributed by atoms with E-state index in [1.807, 2.05) is 12.1 Å². The van der Waals surface area contributed by atoms with E-state index in [0.717, 1.165) is 54.1 Å². The van der Waals surface area contributed by atoms with Crippen LogP contribution in [0.4, 0.5) is 5.82 Å². The zero-order valence-corrected chi connectivity index (χ0v) is 18.3. The Labute approximate surface area is 182 Å². The summed E-state index contributed by atoms with van der Waals surface area (Å²) in [6.45, 7) is 4.21. The highest BCUT2D eigenvalue weighted by molar-refractivity contribution is 6.36. The Kier molecular flexibility index (Phi) is 6.07. The van der Waals surface area contributed by atoms with E-state index < -0.39 is 0 Å². The van der Waals surface area contributed by atoms with Crippen LogP contribution in [-0.2, 0) is 19.3 Å². The first-order valence-electron chi connectivity index (χ1n) is 10.3. The number of halogens is 2. The number of rotatable bonds is 5. The Morgan fingerprint density at radius 1 is 1.00 bits per heavy atom. The molecule has 0 fully saturated rings. The molecule has 0 bridgehead atoms. The lowest BCUT2D eigenvalue weighted by atomic mass is 9.87. The Balaban J connectivity index is 1.74. The van der Waals surface area contributed by atoms with Crippen molar-refractivity contribution >= 4 is 29.0 Å². The van der Waals surface area contributed by atoms with Crippen LogP contribution in [0.15, 0.2) is 42.5 Å². The summed E-state index contributed by atoms with van der Waals surface area (Å²) in [6, 6.07) is 14.5. The van der Waals surface area contributed by atoms with E-state index in [9.17, 15) is 0 Å². The van der Waals surface area contributed by atoms with Crippen molar-refractivity contribution in [2.75, 3.05) is 5.32 Å². The van der Waals surface area contributed by atoms with Crippen molar-refractivity contribution < 1.29 is 0 Å². The molecule has 0 radical (unpaired) electrons. The highest BCUT2D eigenvalue weighted by atomic mass is 35.5. The lowest BCUT2D eigenvalue weighted by Crippen LogP contribution is -2.19. The van der Waals surface area contributed by atoms with Crippen LogP contribution in [0.5, 0.6) is 0 Å². The van der Waals surface area contributed by atoms with Crippen LogP contribution in [0.25, 0.3) is 11.3 Å². The van der Waals surface area contributed by atoms with Crippen molar-refractivity contribution in [1.29, 1.82) is 0 Å². The summed E-state index contributed by atoms with van der Waals surface area (Å²) in [5.74, 6) is 0.889. The summed E-state index contributed by atoms with van der Waals surface area (Å²) in [7, 11) is 0. The molecule has 0 aliphatic heterocycles. The van der Waals surface area contributed by atoms with Crippen LogP contribution in [-0.4, -0.2) is 9.97 Å². The highest BCUT2D eigenvalue weighted by Gasteiger charge is 2.22. The number of nitrogens with zero attached hydrogens (tertiary/aromatic N) is 2. The van der Waals surface area contributed by atoms with Gasteiger partial charge in [-0.3, -0.25) is 0 Å². The topological polar surface area (TPSA) is 37.8 Å². The molecule has 150 valence electrons. The van der Waals surface area contributed by atoms with Gasteiger partial charge in [0.25, 0.3) is 0 Å². The van der Waals surface area contributed by atoms with Gasteiger partial charge in [-0.2, -0.15) is 0 Å². The molecule has 0 saturated carbocycles. The third kappa shape index (κ3) is 4.12. The molecule has 1 aliphatic carbocycles. The van der Waals surface area contributed by atoms with Crippen LogP contribution < -0.4 is 5.32 Å². The molecular formula is C24H25Cl2N3. The molecule has 4 rings (SSSR count). The van der Waals surface area contributed by atoms with E-state index in [4.69, 9.17) is 33.2 Å². The first-order chi connectivity index (χ1) is 14.1. The average molecular weight is 426 g/mol. The molecular weight excluding hydrogens is 401 g/mol. The van der Waals surface area contributed by atoms with E-state index >= 15 is 0 Å². The van der Waals surface area contributed by atoms with Gasteiger partial charge in [0.1, 0.15) is 5.82 Å². The molecule has 1 aromatic heterocycles. The highest BCUT2D eigenvalue weighted by Crippen LogP contribution is 2.35. The zero-order valence-electron chi connectivity index (χ0n) is 16.8. The van der Waals surface area contributed by atoms with E-state index in [-0.39, 0.29) is 6.04 Å². The van der Waals surface area contributed by atoms with E-state index in [1.54, 1.807) is 6.07 Å². The van der Waals surface area contributed by atoms with Crippen LogP contribution in [0.3, 0.4) is 0 Å². The number of aromatic nitrogens is 2. The molecule has 0 amide bonds. The van der Waals surface area contributed by atoms with Gasteiger partial charge in [0, 0.05) is 10.6 Å². The van der Waals surface area contributed by atoms with E-state index in [1.165, 1.54) is 17.5 Å². The summed E-state index contributed by atoms with van der Waals surface area (Å²) >= 11 is 12.6. The minimum atomic E-state index is 0.272. The quantitative estimate of drug-likeness (QED) is 0.474. The van der Waals surface area contributed by atoms with E-state index in [0.29, 0.717) is 10.0 Å². The molecule has 5 heteroatoms. The summed E-state index contributed by atoms with van der Waals surface area (Å²) in [6.07, 6.45) is 5.01. The van der Waals surface area contributed by atoms with Crippen LogP contribution in [0, 0.1) is 0 Å². The predicted octanol–water partition coefficient (Wildman–Crippen LogP) is 7.06. The van der Waals surface area contributed by atoms with Gasteiger partial charge in [-0.1, -0.05) is 61.3 Å². The van der Waals surface area contributed by atoms with Crippen molar-refractivity contribution in [3.05, 3.63) is 75.0 Å². The van der Waals surface area contributed by atoms with Crippen LogP contribution in [0.1, 0.15) is 55.2 Å². The third-order valence-corrected chi connectivity index (χ3v) is 6.12. The summed E-state index contributed by atoms with van der Waals surface area (Å²) in [4.78, 5) is 10.00. The van der Waals surface area contributed by atoms with Crippen molar-refractivity contribution in [2.45, 2.75) is 52.0 Å². The van der Waals surface area contributed by atoms with Gasteiger partial charge in [-0.05, 0) is 61.4 Å². The van der Waals surface area contributed by atoms with Gasteiger partial charge in [0.05, 0.1) is 28.1 Å². The van der Waals surface area contributed by atoms with Gasteiger partial charge in [-0.25, -0.2) is 9.97 Å². The Morgan fingerprint density at radius 2 is 1.79 bits per heavy atom. The van der Waals surface area contributed by atoms with Gasteiger partial charge < -0.3 is 5.32 Å². The maximum Gasteiger partial charge on any atom is 0.148 e. The lowest BCUT2D eigenvalue weighted by molar-refractivity contribution is 0.597. The van der Waals surface area contributed by atoms with Crippen LogP contribution >= 0.6 is 23.2 Å². The minimum Gasteiger partial charge on any atom is -0.362 e. The Bertz CT molecular complexity index is 1030. The first kappa shape index (κ1) is 20.2. The first-order valence-corrected chi connectivity index (χ1v) is 11.1. The summed E-state index contributed by atoms with van der Waals surface area (Å²) < 4.78 is 0. The fraction of sp³-hybridized carbons (Fsp3) is 0.333. The number of benzene rings is 2. The number of hydrogen-bond donors (Lipinski definition) is 1. The zero-order chi connectivity index (χ0) is 20.4. The van der Waals surface area contributed by atoms with Gasteiger partial charge in [-0.15, -0.1) is 0 Å². The monoisotopic (exact) mass is 425 g/mol. The van der Waals surface area contributed by atoms with Gasteiger partial charge in [0.2, 0.25) is 0 Å². The standard InChI is InChI=1S/C24H25Cl2N3/c1-3-20-23(18-13-12-16(25)14-19(18)26)27-21(4-2)24(28-20)29-22-11-7-9-15-8-5-6-10-17(15)22/h5-6,8,10,12-14,22H,3-4,7,9,11H2,1-2H3,(H,28,29). The molecule has 3 nitrogen and oxygen atoms in total. The second-order valence-electron chi connectivity index (χ2n) is 7.43. The summed E-state index contributed by atoms with van der Waals surface area (Å²) in [5, 5.41) is 4.93. The van der Waals surface area contributed by atoms with Crippen LogP contribution in [0.2, 0.25) is 10.0 Å². The Morgan fingerprint density at radius 3 is 2.55 bits per heavy atom. The number of hydrogen-bond acceptors (Lipinski definition) is 3. The number of fused-ring (bicyclic) bond motifs is 1. The van der Waals surface area contributed by atoms with Gasteiger partial charge >= 0.3 is 0 Å². The molecule has 29 heavy (non-hydrogen) atoms. The lowest BCUT2D eigenvalue weighted by Gasteiger charge is -2.28. The molecule has 0 saturated heterocycles. The van der Waals surface area contributed by atoms with Gasteiger partial charge in [0.15, 0.2) is 0 Å². The molecule has 1 atom stereocenters. The molecule has 1 N–H and O–H groups in total. The van der Waals surface area contributed by atoms with Crippen molar-refractivity contribution in [3.8, 4) is 11.3 Å². The maximum atomic E-state index is 6.47. The summed E-state index contributed by atoms with van der Waals surface area (Å²) in [5.41, 5.74) is 6.45. The fourth-order valence-electron chi connectivity index (χ4n) is 4.08. The molecule has 0 spiro atoms.